The molecule has 0 atom stereocenters. The predicted octanol–water partition coefficient (Wildman–Crippen LogP) is 1.50. The smallest absolute Gasteiger partial charge is 0.228 e. The molecule has 1 amide bonds. The SMILES string of the molecule is Cc1noc(CCNc2cc3c(cc2N)NC(=O)CC3)n1. The molecule has 3 rings (SSSR count). The largest absolute Gasteiger partial charge is 0.397 e. The monoisotopic (exact) mass is 287 g/mol. The first-order valence-corrected chi connectivity index (χ1v) is 6.87. The highest BCUT2D eigenvalue weighted by molar-refractivity contribution is 5.95. The van der Waals surface area contributed by atoms with E-state index < -0.39 is 0 Å². The minimum Gasteiger partial charge on any atom is -0.397 e. The summed E-state index contributed by atoms with van der Waals surface area (Å²) >= 11 is 0. The third-order valence-electron chi connectivity index (χ3n) is 3.39. The Bertz CT molecular complexity index is 680. The van der Waals surface area contributed by atoms with Gasteiger partial charge in [-0.25, -0.2) is 0 Å². The van der Waals surface area contributed by atoms with Gasteiger partial charge in [0.1, 0.15) is 0 Å². The molecule has 0 saturated carbocycles. The molecule has 7 heteroatoms. The lowest BCUT2D eigenvalue weighted by atomic mass is 10.0. The molecule has 7 nitrogen and oxygen atoms in total. The Balaban J connectivity index is 1.67. The molecular weight excluding hydrogens is 270 g/mol. The molecule has 21 heavy (non-hydrogen) atoms. The Labute approximate surface area is 121 Å². The Morgan fingerprint density at radius 3 is 3.05 bits per heavy atom. The Morgan fingerprint density at radius 1 is 1.43 bits per heavy atom. The van der Waals surface area contributed by atoms with Gasteiger partial charge in [0, 0.05) is 25.1 Å². The van der Waals surface area contributed by atoms with Crippen molar-refractivity contribution >= 4 is 23.0 Å². The number of rotatable bonds is 4. The number of nitrogen functional groups attached to an aromatic ring is 1. The molecule has 0 saturated heterocycles. The summed E-state index contributed by atoms with van der Waals surface area (Å²) in [5, 5.41) is 9.84. The molecule has 1 aliphatic rings. The molecular formula is C14H17N5O2. The van der Waals surface area contributed by atoms with E-state index in [4.69, 9.17) is 10.3 Å². The molecule has 1 aliphatic heterocycles. The van der Waals surface area contributed by atoms with Crippen LogP contribution in [0.2, 0.25) is 0 Å². The minimum atomic E-state index is 0.0365. The Hall–Kier alpha value is -2.57. The second-order valence-corrected chi connectivity index (χ2v) is 5.06. The van der Waals surface area contributed by atoms with E-state index in [0.29, 0.717) is 36.8 Å². The van der Waals surface area contributed by atoms with Gasteiger partial charge < -0.3 is 20.9 Å². The Morgan fingerprint density at radius 2 is 2.29 bits per heavy atom. The van der Waals surface area contributed by atoms with Gasteiger partial charge in [-0.3, -0.25) is 4.79 Å². The number of hydrogen-bond acceptors (Lipinski definition) is 6. The molecule has 2 aromatic rings. The van der Waals surface area contributed by atoms with E-state index in [9.17, 15) is 4.79 Å². The number of hydrogen-bond donors (Lipinski definition) is 3. The molecule has 0 aliphatic carbocycles. The lowest BCUT2D eigenvalue weighted by Crippen LogP contribution is -2.19. The van der Waals surface area contributed by atoms with Crippen molar-refractivity contribution in [1.82, 2.24) is 10.1 Å². The summed E-state index contributed by atoms with van der Waals surface area (Å²) in [6.45, 7) is 2.44. The summed E-state index contributed by atoms with van der Waals surface area (Å²) in [5.74, 6) is 1.27. The van der Waals surface area contributed by atoms with Crippen LogP contribution < -0.4 is 16.4 Å². The number of nitrogens with zero attached hydrogens (tertiary/aromatic N) is 2. The predicted molar refractivity (Wildman–Crippen MR) is 79.0 cm³/mol. The highest BCUT2D eigenvalue weighted by Crippen LogP contribution is 2.30. The lowest BCUT2D eigenvalue weighted by molar-refractivity contribution is -0.116. The molecule has 0 spiro atoms. The van der Waals surface area contributed by atoms with Crippen molar-refractivity contribution in [3.8, 4) is 0 Å². The van der Waals surface area contributed by atoms with Gasteiger partial charge in [-0.05, 0) is 31.0 Å². The van der Waals surface area contributed by atoms with Gasteiger partial charge in [0.15, 0.2) is 5.82 Å². The molecule has 0 fully saturated rings. The number of carbonyl (C=O) groups is 1. The summed E-state index contributed by atoms with van der Waals surface area (Å²) in [6.07, 6.45) is 1.88. The summed E-state index contributed by atoms with van der Waals surface area (Å²) in [4.78, 5) is 15.5. The average molecular weight is 287 g/mol. The lowest BCUT2D eigenvalue weighted by Gasteiger charge is -2.19. The van der Waals surface area contributed by atoms with Gasteiger partial charge in [-0.2, -0.15) is 4.98 Å². The number of carbonyl (C=O) groups excluding carboxylic acids is 1. The van der Waals surface area contributed by atoms with E-state index in [-0.39, 0.29) is 5.91 Å². The second kappa shape index (κ2) is 5.43. The van der Waals surface area contributed by atoms with Gasteiger partial charge >= 0.3 is 0 Å². The van der Waals surface area contributed by atoms with Crippen LogP contribution in [0, 0.1) is 6.92 Å². The molecule has 2 heterocycles. The van der Waals surface area contributed by atoms with Gasteiger partial charge in [0.05, 0.1) is 11.4 Å². The van der Waals surface area contributed by atoms with Gasteiger partial charge in [-0.15, -0.1) is 0 Å². The van der Waals surface area contributed by atoms with Crippen molar-refractivity contribution < 1.29 is 9.32 Å². The fraction of sp³-hybridized carbons (Fsp3) is 0.357. The van der Waals surface area contributed by atoms with E-state index >= 15 is 0 Å². The van der Waals surface area contributed by atoms with Crippen LogP contribution in [0.3, 0.4) is 0 Å². The summed E-state index contributed by atoms with van der Waals surface area (Å²) < 4.78 is 5.05. The number of nitrogens with two attached hydrogens (primary N) is 1. The van der Waals surface area contributed by atoms with Gasteiger partial charge in [-0.1, -0.05) is 5.16 Å². The first-order chi connectivity index (χ1) is 10.1. The molecule has 0 bridgehead atoms. The first-order valence-electron chi connectivity index (χ1n) is 6.87. The normalized spacial score (nSPS) is 13.7. The molecule has 0 radical (unpaired) electrons. The molecule has 0 unspecified atom stereocenters. The zero-order valence-corrected chi connectivity index (χ0v) is 11.8. The van der Waals surface area contributed by atoms with Crippen molar-refractivity contribution in [3.05, 3.63) is 29.4 Å². The number of amides is 1. The maximum atomic E-state index is 11.4. The van der Waals surface area contributed by atoms with Crippen LogP contribution in [0.1, 0.15) is 23.7 Å². The van der Waals surface area contributed by atoms with Crippen molar-refractivity contribution in [2.75, 3.05) is 22.9 Å². The summed E-state index contributed by atoms with van der Waals surface area (Å²) in [7, 11) is 0. The van der Waals surface area contributed by atoms with Crippen molar-refractivity contribution in [1.29, 1.82) is 0 Å². The van der Waals surface area contributed by atoms with E-state index in [1.54, 1.807) is 13.0 Å². The van der Waals surface area contributed by atoms with Crippen LogP contribution >= 0.6 is 0 Å². The molecule has 1 aromatic heterocycles. The van der Waals surface area contributed by atoms with Gasteiger partial charge in [0.25, 0.3) is 0 Å². The van der Waals surface area contributed by atoms with Crippen LogP contribution in [-0.4, -0.2) is 22.6 Å². The number of anilines is 3. The fourth-order valence-corrected chi connectivity index (χ4v) is 2.34. The highest BCUT2D eigenvalue weighted by atomic mass is 16.5. The summed E-state index contributed by atoms with van der Waals surface area (Å²) in [5.41, 5.74) is 9.38. The van der Waals surface area contributed by atoms with E-state index in [2.05, 4.69) is 20.8 Å². The van der Waals surface area contributed by atoms with Crippen LogP contribution in [0.5, 0.6) is 0 Å². The number of benzene rings is 1. The fourth-order valence-electron chi connectivity index (χ4n) is 2.34. The minimum absolute atomic E-state index is 0.0365. The maximum absolute atomic E-state index is 11.4. The number of aromatic nitrogens is 2. The quantitative estimate of drug-likeness (QED) is 0.736. The maximum Gasteiger partial charge on any atom is 0.228 e. The third kappa shape index (κ3) is 2.96. The van der Waals surface area contributed by atoms with E-state index in [0.717, 1.165) is 23.4 Å². The van der Waals surface area contributed by atoms with Crippen LogP contribution in [0.25, 0.3) is 0 Å². The van der Waals surface area contributed by atoms with Crippen LogP contribution in [-0.2, 0) is 17.6 Å². The van der Waals surface area contributed by atoms with Crippen molar-refractivity contribution in [2.24, 2.45) is 0 Å². The number of aryl methyl sites for hydroxylation is 2. The van der Waals surface area contributed by atoms with Crippen molar-refractivity contribution in [2.45, 2.75) is 26.2 Å². The zero-order valence-electron chi connectivity index (χ0n) is 11.8. The third-order valence-corrected chi connectivity index (χ3v) is 3.39. The van der Waals surface area contributed by atoms with E-state index in [1.165, 1.54) is 0 Å². The first kappa shape index (κ1) is 13.4. The molecule has 110 valence electrons. The Kier molecular flexibility index (Phi) is 3.47. The summed E-state index contributed by atoms with van der Waals surface area (Å²) in [6, 6.07) is 3.79. The highest BCUT2D eigenvalue weighted by Gasteiger charge is 2.16. The number of nitrogens with one attached hydrogen (secondary N) is 2. The molecule has 1 aromatic carbocycles. The van der Waals surface area contributed by atoms with Crippen LogP contribution in [0.4, 0.5) is 17.1 Å². The average Bonchev–Trinajstić information content (AvgIpc) is 2.85. The zero-order chi connectivity index (χ0) is 14.8. The van der Waals surface area contributed by atoms with E-state index in [1.807, 2.05) is 6.07 Å². The van der Waals surface area contributed by atoms with Crippen LogP contribution in [0.15, 0.2) is 16.7 Å². The topological polar surface area (TPSA) is 106 Å². The van der Waals surface area contributed by atoms with Crippen molar-refractivity contribution in [3.63, 3.8) is 0 Å². The number of fused-ring (bicyclic) bond motifs is 1. The van der Waals surface area contributed by atoms with Gasteiger partial charge in [0.2, 0.25) is 11.8 Å². The molecule has 4 N–H and O–H groups in total. The standard InChI is InChI=1S/C14H17N5O2/c1-8-17-14(21-19-8)4-5-16-12-6-9-2-3-13(20)18-11(9)7-10(12)15/h6-7,16H,2-5,15H2,1H3,(H,18,20). The second-order valence-electron chi connectivity index (χ2n) is 5.06.